The second kappa shape index (κ2) is 54.7. The van der Waals surface area contributed by atoms with Gasteiger partial charge in [-0.15, -0.1) is 0 Å². The average molecular weight is 962 g/mol. The van der Waals surface area contributed by atoms with Crippen LogP contribution in [0.25, 0.3) is 0 Å². The Morgan fingerprint density at radius 2 is 0.559 bits per heavy atom. The standard InChI is InChI=1S/C62H120O6/c1-6-8-9-10-11-12-13-14-19-23-26-32-37-42-47-52-60(63)66-55-59(56-67-61(64)53-48-43-38-33-29-28-30-35-40-45-50-57(3)4)68-62(65)54-49-44-39-34-27-24-21-18-16-15-17-20-22-25-31-36-41-46-51-58(5)7-2/h57-59H,6-56H2,1-5H3/t58?,59-/m0/s1. The van der Waals surface area contributed by atoms with Crippen LogP contribution >= 0.6 is 0 Å². The number of hydrogen-bond donors (Lipinski definition) is 0. The minimum Gasteiger partial charge on any atom is -0.462 e. The van der Waals surface area contributed by atoms with Crippen LogP contribution in [0.5, 0.6) is 0 Å². The summed E-state index contributed by atoms with van der Waals surface area (Å²) >= 11 is 0. The Morgan fingerprint density at radius 3 is 0.838 bits per heavy atom. The van der Waals surface area contributed by atoms with Crippen molar-refractivity contribution in [3.63, 3.8) is 0 Å². The molecule has 0 saturated carbocycles. The largest absolute Gasteiger partial charge is 0.462 e. The van der Waals surface area contributed by atoms with E-state index in [-0.39, 0.29) is 31.1 Å². The van der Waals surface area contributed by atoms with Gasteiger partial charge in [0.25, 0.3) is 0 Å². The van der Waals surface area contributed by atoms with Gasteiger partial charge in [0.15, 0.2) is 6.10 Å². The molecule has 0 aliphatic rings. The first-order valence-corrected chi connectivity index (χ1v) is 30.8. The maximum atomic E-state index is 12.9. The van der Waals surface area contributed by atoms with Crippen molar-refractivity contribution in [1.82, 2.24) is 0 Å². The lowest BCUT2D eigenvalue weighted by molar-refractivity contribution is -0.167. The van der Waals surface area contributed by atoms with Crippen molar-refractivity contribution in [2.75, 3.05) is 13.2 Å². The van der Waals surface area contributed by atoms with Crippen molar-refractivity contribution in [3.05, 3.63) is 0 Å². The van der Waals surface area contributed by atoms with E-state index >= 15 is 0 Å². The molecular formula is C62H120O6. The van der Waals surface area contributed by atoms with Crippen LogP contribution in [0.15, 0.2) is 0 Å². The van der Waals surface area contributed by atoms with E-state index in [0.29, 0.717) is 19.3 Å². The summed E-state index contributed by atoms with van der Waals surface area (Å²) in [7, 11) is 0. The molecule has 0 aliphatic heterocycles. The normalized spacial score (nSPS) is 12.4. The Hall–Kier alpha value is -1.59. The number of rotatable bonds is 56. The minimum absolute atomic E-state index is 0.0623. The molecule has 0 aliphatic carbocycles. The number of carbonyl (C=O) groups excluding carboxylic acids is 3. The zero-order valence-electron chi connectivity index (χ0n) is 46.7. The molecule has 0 rings (SSSR count). The van der Waals surface area contributed by atoms with Gasteiger partial charge in [-0.3, -0.25) is 14.4 Å². The molecule has 6 heteroatoms. The number of unbranched alkanes of at least 4 members (excludes halogenated alkanes) is 40. The van der Waals surface area contributed by atoms with E-state index in [1.165, 1.54) is 238 Å². The quantitative estimate of drug-likeness (QED) is 0.0343. The van der Waals surface area contributed by atoms with Gasteiger partial charge >= 0.3 is 17.9 Å². The topological polar surface area (TPSA) is 78.9 Å². The molecule has 0 aromatic heterocycles. The first-order chi connectivity index (χ1) is 33.3. The van der Waals surface area contributed by atoms with Gasteiger partial charge in [0, 0.05) is 19.3 Å². The molecular weight excluding hydrogens is 841 g/mol. The third-order valence-corrected chi connectivity index (χ3v) is 14.6. The summed E-state index contributed by atoms with van der Waals surface area (Å²) in [5.41, 5.74) is 0. The molecule has 0 spiro atoms. The highest BCUT2D eigenvalue weighted by Crippen LogP contribution is 2.19. The fourth-order valence-electron chi connectivity index (χ4n) is 9.55. The molecule has 0 aromatic rings. The van der Waals surface area contributed by atoms with Crippen molar-refractivity contribution < 1.29 is 28.6 Å². The van der Waals surface area contributed by atoms with Crippen molar-refractivity contribution >= 4 is 17.9 Å². The van der Waals surface area contributed by atoms with Crippen molar-refractivity contribution in [2.45, 2.75) is 355 Å². The van der Waals surface area contributed by atoms with E-state index in [4.69, 9.17) is 14.2 Å². The zero-order valence-corrected chi connectivity index (χ0v) is 46.7. The molecule has 0 bridgehead atoms. The van der Waals surface area contributed by atoms with Crippen LogP contribution in [0.4, 0.5) is 0 Å². The first-order valence-electron chi connectivity index (χ1n) is 30.8. The Bertz CT molecular complexity index is 1040. The zero-order chi connectivity index (χ0) is 49.6. The molecule has 2 atom stereocenters. The molecule has 0 radical (unpaired) electrons. The molecule has 0 N–H and O–H groups in total. The van der Waals surface area contributed by atoms with Gasteiger partial charge in [-0.2, -0.15) is 0 Å². The van der Waals surface area contributed by atoms with Crippen LogP contribution < -0.4 is 0 Å². The molecule has 1 unspecified atom stereocenters. The fraction of sp³-hybridized carbons (Fsp3) is 0.952. The van der Waals surface area contributed by atoms with Crippen molar-refractivity contribution in [1.29, 1.82) is 0 Å². The number of esters is 3. The van der Waals surface area contributed by atoms with Crippen LogP contribution in [0.2, 0.25) is 0 Å². The summed E-state index contributed by atoms with van der Waals surface area (Å²) in [6.07, 6.45) is 59.5. The van der Waals surface area contributed by atoms with Gasteiger partial charge in [0.05, 0.1) is 0 Å². The summed E-state index contributed by atoms with van der Waals surface area (Å²) in [4.78, 5) is 38.2. The fourth-order valence-corrected chi connectivity index (χ4v) is 9.55. The van der Waals surface area contributed by atoms with Gasteiger partial charge < -0.3 is 14.2 Å². The summed E-state index contributed by atoms with van der Waals surface area (Å²) in [5, 5.41) is 0. The van der Waals surface area contributed by atoms with Crippen LogP contribution in [0.1, 0.15) is 349 Å². The lowest BCUT2D eigenvalue weighted by Crippen LogP contribution is -2.30. The van der Waals surface area contributed by atoms with Crippen molar-refractivity contribution in [2.24, 2.45) is 11.8 Å². The van der Waals surface area contributed by atoms with Gasteiger partial charge in [0.1, 0.15) is 13.2 Å². The van der Waals surface area contributed by atoms with E-state index in [2.05, 4.69) is 34.6 Å². The summed E-state index contributed by atoms with van der Waals surface area (Å²) < 4.78 is 16.9. The smallest absolute Gasteiger partial charge is 0.306 e. The highest BCUT2D eigenvalue weighted by molar-refractivity contribution is 5.71. The predicted molar refractivity (Wildman–Crippen MR) is 293 cm³/mol. The van der Waals surface area contributed by atoms with Crippen molar-refractivity contribution in [3.8, 4) is 0 Å². The average Bonchev–Trinajstić information content (AvgIpc) is 3.32. The molecule has 0 heterocycles. The van der Waals surface area contributed by atoms with Gasteiger partial charge in [-0.05, 0) is 31.1 Å². The maximum Gasteiger partial charge on any atom is 0.306 e. The van der Waals surface area contributed by atoms with E-state index in [9.17, 15) is 14.4 Å². The second-order valence-corrected chi connectivity index (χ2v) is 22.1. The van der Waals surface area contributed by atoms with E-state index in [1.807, 2.05) is 0 Å². The second-order valence-electron chi connectivity index (χ2n) is 22.1. The number of hydrogen-bond acceptors (Lipinski definition) is 6. The third kappa shape index (κ3) is 53.8. The Labute approximate surface area is 425 Å². The Balaban J connectivity index is 4.25. The highest BCUT2D eigenvalue weighted by Gasteiger charge is 2.19. The maximum absolute atomic E-state index is 12.9. The Morgan fingerprint density at radius 1 is 0.309 bits per heavy atom. The molecule has 404 valence electrons. The monoisotopic (exact) mass is 961 g/mol. The van der Waals surface area contributed by atoms with Gasteiger partial charge in [-0.1, -0.05) is 311 Å². The molecule has 0 amide bonds. The van der Waals surface area contributed by atoms with E-state index in [1.54, 1.807) is 0 Å². The van der Waals surface area contributed by atoms with Gasteiger partial charge in [-0.25, -0.2) is 0 Å². The molecule has 0 fully saturated rings. The van der Waals surface area contributed by atoms with E-state index < -0.39 is 6.10 Å². The molecule has 68 heavy (non-hydrogen) atoms. The van der Waals surface area contributed by atoms with Crippen LogP contribution in [0, 0.1) is 11.8 Å². The van der Waals surface area contributed by atoms with Crippen LogP contribution in [0.3, 0.4) is 0 Å². The Kier molecular flexibility index (Phi) is 53.5. The molecule has 0 saturated heterocycles. The summed E-state index contributed by atoms with van der Waals surface area (Å²) in [5.74, 6) is 0.892. The van der Waals surface area contributed by atoms with Crippen LogP contribution in [-0.4, -0.2) is 37.2 Å². The van der Waals surface area contributed by atoms with Gasteiger partial charge in [0.2, 0.25) is 0 Å². The number of carbonyl (C=O) groups is 3. The molecule has 6 nitrogen and oxygen atoms in total. The lowest BCUT2D eigenvalue weighted by Gasteiger charge is -2.18. The first kappa shape index (κ1) is 66.4. The van der Waals surface area contributed by atoms with Crippen LogP contribution in [-0.2, 0) is 28.6 Å². The lowest BCUT2D eigenvalue weighted by atomic mass is 9.99. The SMILES string of the molecule is CCCCCCCCCCCCCCCCCC(=O)OC[C@@H](COC(=O)CCCCCCCCCCCCC(C)C)OC(=O)CCCCCCCCCCCCCCCCCCCCC(C)CC. The predicted octanol–water partition coefficient (Wildman–Crippen LogP) is 20.4. The number of ether oxygens (including phenoxy) is 3. The van der Waals surface area contributed by atoms with E-state index in [0.717, 1.165) is 69.6 Å². The highest BCUT2D eigenvalue weighted by atomic mass is 16.6. The summed E-state index contributed by atoms with van der Waals surface area (Å²) in [6.45, 7) is 11.5. The minimum atomic E-state index is -0.763. The summed E-state index contributed by atoms with van der Waals surface area (Å²) in [6, 6.07) is 0. The molecule has 0 aromatic carbocycles. The third-order valence-electron chi connectivity index (χ3n) is 14.6.